The lowest BCUT2D eigenvalue weighted by Gasteiger charge is -2.15. The molecule has 1 aliphatic rings. The van der Waals surface area contributed by atoms with Gasteiger partial charge in [-0.15, -0.1) is 0 Å². The van der Waals surface area contributed by atoms with Crippen molar-refractivity contribution in [2.75, 3.05) is 19.6 Å². The molecule has 16 heavy (non-hydrogen) atoms. The van der Waals surface area contributed by atoms with E-state index < -0.39 is 0 Å². The summed E-state index contributed by atoms with van der Waals surface area (Å²) in [6.45, 7) is 6.15. The van der Waals surface area contributed by atoms with E-state index in [-0.39, 0.29) is 5.56 Å². The summed E-state index contributed by atoms with van der Waals surface area (Å²) in [5, 5.41) is 0. The first-order valence-corrected chi connectivity index (χ1v) is 6.55. The van der Waals surface area contributed by atoms with Gasteiger partial charge >= 0.3 is 0 Å². The topological polar surface area (TPSA) is 25.2 Å². The van der Waals surface area contributed by atoms with Gasteiger partial charge in [-0.25, -0.2) is 0 Å². The molecule has 0 radical (unpaired) electrons. The summed E-state index contributed by atoms with van der Waals surface area (Å²) >= 11 is 3.30. The normalized spacial score (nSPS) is 16.9. The van der Waals surface area contributed by atoms with Crippen LogP contribution in [0.5, 0.6) is 0 Å². The van der Waals surface area contributed by atoms with Crippen LogP contribution < -0.4 is 5.56 Å². The largest absolute Gasteiger partial charge is 0.313 e. The lowest BCUT2D eigenvalue weighted by Crippen LogP contribution is -2.29. The monoisotopic (exact) mass is 284 g/mol. The molecule has 0 atom stereocenters. The van der Waals surface area contributed by atoms with E-state index in [1.165, 1.54) is 25.9 Å². The molecule has 0 unspecified atom stereocenters. The summed E-state index contributed by atoms with van der Waals surface area (Å²) in [5.41, 5.74) is 1.19. The van der Waals surface area contributed by atoms with Gasteiger partial charge in [0.1, 0.15) is 0 Å². The number of pyridine rings is 1. The number of hydrogen-bond acceptors (Lipinski definition) is 2. The second kappa shape index (κ2) is 5.15. The predicted molar refractivity (Wildman–Crippen MR) is 68.8 cm³/mol. The Labute approximate surface area is 104 Å². The molecule has 1 fully saturated rings. The minimum atomic E-state index is 0.0739. The Morgan fingerprint density at radius 3 is 2.69 bits per heavy atom. The van der Waals surface area contributed by atoms with E-state index in [1.54, 1.807) is 4.57 Å². The van der Waals surface area contributed by atoms with E-state index in [9.17, 15) is 4.79 Å². The van der Waals surface area contributed by atoms with Crippen molar-refractivity contribution in [1.29, 1.82) is 0 Å². The summed E-state index contributed by atoms with van der Waals surface area (Å²) in [7, 11) is 0. The van der Waals surface area contributed by atoms with Crippen LogP contribution in [-0.4, -0.2) is 29.1 Å². The van der Waals surface area contributed by atoms with Crippen LogP contribution in [0.15, 0.2) is 21.5 Å². The first-order chi connectivity index (χ1) is 7.66. The van der Waals surface area contributed by atoms with Crippen LogP contribution in [0.3, 0.4) is 0 Å². The van der Waals surface area contributed by atoms with Gasteiger partial charge in [-0.1, -0.05) is 0 Å². The van der Waals surface area contributed by atoms with Gasteiger partial charge in [-0.05, 0) is 60.4 Å². The number of likely N-dealkylation sites (tertiary alicyclic amines) is 1. The molecule has 0 aromatic carbocycles. The van der Waals surface area contributed by atoms with Gasteiger partial charge in [-0.3, -0.25) is 4.79 Å². The van der Waals surface area contributed by atoms with Gasteiger partial charge in [0, 0.05) is 19.3 Å². The van der Waals surface area contributed by atoms with Crippen LogP contribution in [0.25, 0.3) is 0 Å². The molecule has 0 N–H and O–H groups in total. The summed E-state index contributed by atoms with van der Waals surface area (Å²) < 4.78 is 2.46. The van der Waals surface area contributed by atoms with Gasteiger partial charge < -0.3 is 9.47 Å². The van der Waals surface area contributed by atoms with E-state index in [0.717, 1.165) is 18.7 Å². The van der Waals surface area contributed by atoms with E-state index in [4.69, 9.17) is 0 Å². The Bertz CT molecular complexity index is 422. The van der Waals surface area contributed by atoms with Gasteiger partial charge in [0.2, 0.25) is 0 Å². The van der Waals surface area contributed by atoms with Gasteiger partial charge in [-0.2, -0.15) is 0 Å². The highest BCUT2D eigenvalue weighted by molar-refractivity contribution is 9.10. The number of aromatic nitrogens is 1. The molecule has 1 aromatic heterocycles. The number of nitrogens with zero attached hydrogens (tertiary/aromatic N) is 2. The van der Waals surface area contributed by atoms with Crippen LogP contribution in [0.1, 0.15) is 18.4 Å². The van der Waals surface area contributed by atoms with Crippen molar-refractivity contribution >= 4 is 15.9 Å². The number of aryl methyl sites for hydroxylation is 1. The average molecular weight is 285 g/mol. The molecule has 1 saturated heterocycles. The molecule has 1 aliphatic heterocycles. The van der Waals surface area contributed by atoms with Gasteiger partial charge in [0.25, 0.3) is 5.56 Å². The second-order valence-electron chi connectivity index (χ2n) is 4.41. The highest BCUT2D eigenvalue weighted by atomic mass is 79.9. The van der Waals surface area contributed by atoms with Crippen molar-refractivity contribution in [3.05, 3.63) is 32.7 Å². The highest BCUT2D eigenvalue weighted by Crippen LogP contribution is 2.08. The molecule has 2 heterocycles. The molecular weight excluding hydrogens is 268 g/mol. The SMILES string of the molecule is Cc1cc(Br)c(=O)n(CCN2CCCC2)c1. The molecule has 2 rings (SSSR count). The molecule has 0 saturated carbocycles. The van der Waals surface area contributed by atoms with Crippen molar-refractivity contribution in [2.45, 2.75) is 26.3 Å². The maximum atomic E-state index is 11.8. The Hall–Kier alpha value is -0.610. The van der Waals surface area contributed by atoms with E-state index >= 15 is 0 Å². The summed E-state index contributed by atoms with van der Waals surface area (Å²) in [4.78, 5) is 14.2. The number of halogens is 1. The molecule has 88 valence electrons. The van der Waals surface area contributed by atoms with Crippen LogP contribution >= 0.6 is 15.9 Å². The van der Waals surface area contributed by atoms with Crippen molar-refractivity contribution in [3.63, 3.8) is 0 Å². The summed E-state index contributed by atoms with van der Waals surface area (Å²) in [6.07, 6.45) is 4.53. The first kappa shape index (κ1) is 11.9. The lowest BCUT2D eigenvalue weighted by molar-refractivity contribution is 0.320. The van der Waals surface area contributed by atoms with Crippen LogP contribution in [0.4, 0.5) is 0 Å². The highest BCUT2D eigenvalue weighted by Gasteiger charge is 2.11. The van der Waals surface area contributed by atoms with Gasteiger partial charge in [0.15, 0.2) is 0 Å². The minimum absolute atomic E-state index is 0.0739. The third kappa shape index (κ3) is 2.74. The molecule has 1 aromatic rings. The maximum absolute atomic E-state index is 11.8. The molecule has 4 heteroatoms. The van der Waals surface area contributed by atoms with Crippen molar-refractivity contribution in [1.82, 2.24) is 9.47 Å². The summed E-state index contributed by atoms with van der Waals surface area (Å²) in [5.74, 6) is 0. The zero-order valence-corrected chi connectivity index (χ0v) is 11.2. The minimum Gasteiger partial charge on any atom is -0.313 e. The zero-order valence-electron chi connectivity index (χ0n) is 9.58. The smallest absolute Gasteiger partial charge is 0.264 e. The molecule has 0 bridgehead atoms. The lowest BCUT2D eigenvalue weighted by atomic mass is 10.3. The summed E-state index contributed by atoms with van der Waals surface area (Å²) in [6, 6.07) is 1.87. The third-order valence-corrected chi connectivity index (χ3v) is 3.60. The van der Waals surface area contributed by atoms with E-state index in [2.05, 4.69) is 20.8 Å². The fourth-order valence-electron chi connectivity index (χ4n) is 2.16. The van der Waals surface area contributed by atoms with E-state index in [1.807, 2.05) is 19.2 Å². The maximum Gasteiger partial charge on any atom is 0.264 e. The predicted octanol–water partition coefficient (Wildman–Crippen LogP) is 2.02. The molecule has 3 nitrogen and oxygen atoms in total. The molecule has 0 amide bonds. The average Bonchev–Trinajstić information content (AvgIpc) is 2.74. The molecular formula is C12H17BrN2O. The molecule has 0 spiro atoms. The van der Waals surface area contributed by atoms with Crippen LogP contribution in [0, 0.1) is 6.92 Å². The first-order valence-electron chi connectivity index (χ1n) is 5.76. The Balaban J connectivity index is 2.05. The van der Waals surface area contributed by atoms with Crippen molar-refractivity contribution in [2.24, 2.45) is 0 Å². The zero-order chi connectivity index (χ0) is 11.5. The quantitative estimate of drug-likeness (QED) is 0.849. The van der Waals surface area contributed by atoms with Crippen LogP contribution in [-0.2, 0) is 6.54 Å². The van der Waals surface area contributed by atoms with Crippen molar-refractivity contribution < 1.29 is 0 Å². The standard InChI is InChI=1S/C12H17BrN2O/c1-10-8-11(13)12(16)15(9-10)7-6-14-4-2-3-5-14/h8-9H,2-7H2,1H3. The third-order valence-electron chi connectivity index (χ3n) is 3.03. The fourth-order valence-corrected chi connectivity index (χ4v) is 2.75. The van der Waals surface area contributed by atoms with Crippen molar-refractivity contribution in [3.8, 4) is 0 Å². The van der Waals surface area contributed by atoms with Gasteiger partial charge in [0.05, 0.1) is 4.47 Å². The number of hydrogen-bond donors (Lipinski definition) is 0. The Kier molecular flexibility index (Phi) is 3.82. The second-order valence-corrected chi connectivity index (χ2v) is 5.27. The Morgan fingerprint density at radius 2 is 2.00 bits per heavy atom. The van der Waals surface area contributed by atoms with E-state index in [0.29, 0.717) is 4.47 Å². The number of rotatable bonds is 3. The fraction of sp³-hybridized carbons (Fsp3) is 0.583. The van der Waals surface area contributed by atoms with Crippen LogP contribution in [0.2, 0.25) is 0 Å². The Morgan fingerprint density at radius 1 is 1.31 bits per heavy atom. The molecule has 0 aliphatic carbocycles.